The molecule has 0 heterocycles. The van der Waals surface area contributed by atoms with Gasteiger partial charge in [0, 0.05) is 0 Å². The van der Waals surface area contributed by atoms with Gasteiger partial charge in [0.1, 0.15) is 0 Å². The minimum absolute atomic E-state index is 0.768. The van der Waals surface area contributed by atoms with E-state index in [0.29, 0.717) is 0 Å². The first-order valence-electron chi connectivity index (χ1n) is 5.54. The molecule has 1 rings (SSSR count). The molecule has 1 aromatic carbocycles. The van der Waals surface area contributed by atoms with Crippen LogP contribution in [-0.2, 0) is 6.42 Å². The summed E-state index contributed by atoms with van der Waals surface area (Å²) in [5.74, 6) is 2.03. The lowest BCUT2D eigenvalue weighted by Gasteiger charge is -2.15. The van der Waals surface area contributed by atoms with E-state index in [1.807, 2.05) is 18.8 Å². The zero-order valence-corrected chi connectivity index (χ0v) is 10.5. The zero-order chi connectivity index (χ0) is 10.9. The summed E-state index contributed by atoms with van der Waals surface area (Å²) in [4.78, 5) is 0. The highest BCUT2D eigenvalue weighted by atomic mass is 32.2. The highest BCUT2D eigenvalue weighted by molar-refractivity contribution is 7.98. The van der Waals surface area contributed by atoms with E-state index < -0.39 is 0 Å². The second-order valence-corrected chi connectivity index (χ2v) is 4.88. The molecular weight excluding hydrogens is 202 g/mol. The molecule has 0 spiro atoms. The van der Waals surface area contributed by atoms with Gasteiger partial charge in [-0.15, -0.1) is 0 Å². The minimum Gasteiger partial charge on any atom is -0.319 e. The Morgan fingerprint density at radius 1 is 1.27 bits per heavy atom. The molecular formula is C13H21NS. The maximum Gasteiger partial charge on any atom is -0.00200 e. The molecule has 0 bridgehead atoms. The third-order valence-corrected chi connectivity index (χ3v) is 3.23. The molecule has 1 nitrogen and oxygen atoms in total. The van der Waals surface area contributed by atoms with Crippen LogP contribution in [0.3, 0.4) is 0 Å². The summed E-state index contributed by atoms with van der Waals surface area (Å²) < 4.78 is 0. The molecule has 0 fully saturated rings. The van der Waals surface area contributed by atoms with Crippen LogP contribution >= 0.6 is 11.8 Å². The lowest BCUT2D eigenvalue weighted by molar-refractivity contribution is 0.485. The van der Waals surface area contributed by atoms with E-state index in [2.05, 4.69) is 41.9 Å². The molecule has 0 radical (unpaired) electrons. The molecule has 0 aliphatic rings. The van der Waals surface area contributed by atoms with E-state index in [9.17, 15) is 0 Å². The average molecular weight is 223 g/mol. The molecule has 0 saturated carbocycles. The predicted molar refractivity (Wildman–Crippen MR) is 70.6 cm³/mol. The molecule has 0 amide bonds. The summed E-state index contributed by atoms with van der Waals surface area (Å²) in [7, 11) is 2.04. The van der Waals surface area contributed by atoms with Crippen molar-refractivity contribution in [2.75, 3.05) is 25.6 Å². The summed E-state index contributed by atoms with van der Waals surface area (Å²) in [6.07, 6.45) is 4.68. The first-order valence-corrected chi connectivity index (χ1v) is 6.93. The first-order chi connectivity index (χ1) is 7.36. The Bertz CT molecular complexity index is 248. The van der Waals surface area contributed by atoms with Crippen molar-refractivity contribution in [3.8, 4) is 0 Å². The van der Waals surface area contributed by atoms with Gasteiger partial charge in [-0.05, 0) is 49.9 Å². The van der Waals surface area contributed by atoms with Crippen molar-refractivity contribution in [1.82, 2.24) is 5.32 Å². The molecule has 1 unspecified atom stereocenters. The zero-order valence-electron chi connectivity index (χ0n) is 9.70. The van der Waals surface area contributed by atoms with Crippen LogP contribution in [0.4, 0.5) is 0 Å². The van der Waals surface area contributed by atoms with Crippen LogP contribution in [0.25, 0.3) is 0 Å². The van der Waals surface area contributed by atoms with Crippen molar-refractivity contribution in [2.24, 2.45) is 5.92 Å². The van der Waals surface area contributed by atoms with Crippen molar-refractivity contribution >= 4 is 11.8 Å². The fraction of sp³-hybridized carbons (Fsp3) is 0.538. The predicted octanol–water partition coefficient (Wildman–Crippen LogP) is 2.82. The average Bonchev–Trinajstić information content (AvgIpc) is 2.28. The molecule has 0 aliphatic heterocycles. The van der Waals surface area contributed by atoms with Crippen LogP contribution in [-0.4, -0.2) is 25.6 Å². The Labute approximate surface area is 97.7 Å². The summed E-state index contributed by atoms with van der Waals surface area (Å²) >= 11 is 1.94. The molecule has 2 heteroatoms. The van der Waals surface area contributed by atoms with Crippen LogP contribution in [0, 0.1) is 5.92 Å². The maximum absolute atomic E-state index is 3.29. The van der Waals surface area contributed by atoms with Gasteiger partial charge in [0.2, 0.25) is 0 Å². The van der Waals surface area contributed by atoms with Crippen LogP contribution in [0.1, 0.15) is 12.0 Å². The van der Waals surface area contributed by atoms with Gasteiger partial charge in [-0.1, -0.05) is 30.3 Å². The van der Waals surface area contributed by atoms with Gasteiger partial charge in [0.05, 0.1) is 0 Å². The minimum atomic E-state index is 0.768. The number of hydrogen-bond acceptors (Lipinski definition) is 2. The van der Waals surface area contributed by atoms with Crippen LogP contribution < -0.4 is 5.32 Å². The number of hydrogen-bond donors (Lipinski definition) is 1. The Hall–Kier alpha value is -0.470. The van der Waals surface area contributed by atoms with Crippen molar-refractivity contribution in [1.29, 1.82) is 0 Å². The molecule has 1 N–H and O–H groups in total. The van der Waals surface area contributed by atoms with Crippen molar-refractivity contribution < 1.29 is 0 Å². The second kappa shape index (κ2) is 7.77. The largest absolute Gasteiger partial charge is 0.319 e. The monoisotopic (exact) mass is 223 g/mol. The fourth-order valence-electron chi connectivity index (χ4n) is 1.80. The summed E-state index contributed by atoms with van der Waals surface area (Å²) in [5.41, 5.74) is 1.46. The van der Waals surface area contributed by atoms with Gasteiger partial charge in [0.25, 0.3) is 0 Å². The first kappa shape index (κ1) is 12.6. The summed E-state index contributed by atoms with van der Waals surface area (Å²) in [5, 5.41) is 3.29. The lowest BCUT2D eigenvalue weighted by Crippen LogP contribution is -2.21. The van der Waals surface area contributed by atoms with Gasteiger partial charge in [-0.25, -0.2) is 0 Å². The summed E-state index contributed by atoms with van der Waals surface area (Å²) in [6.45, 7) is 1.12. The Morgan fingerprint density at radius 3 is 2.60 bits per heavy atom. The molecule has 1 atom stereocenters. The number of nitrogens with one attached hydrogen (secondary N) is 1. The Morgan fingerprint density at radius 2 is 2.00 bits per heavy atom. The SMILES string of the molecule is CNCC(CCSC)Cc1ccccc1. The topological polar surface area (TPSA) is 12.0 Å². The van der Waals surface area contributed by atoms with E-state index in [0.717, 1.165) is 12.5 Å². The van der Waals surface area contributed by atoms with Crippen LogP contribution in [0.5, 0.6) is 0 Å². The Kier molecular flexibility index (Phi) is 6.53. The van der Waals surface area contributed by atoms with Gasteiger partial charge in [-0.2, -0.15) is 11.8 Å². The van der Waals surface area contributed by atoms with Crippen molar-refractivity contribution in [2.45, 2.75) is 12.8 Å². The molecule has 15 heavy (non-hydrogen) atoms. The van der Waals surface area contributed by atoms with E-state index in [4.69, 9.17) is 0 Å². The summed E-state index contributed by atoms with van der Waals surface area (Å²) in [6, 6.07) is 10.8. The van der Waals surface area contributed by atoms with E-state index in [1.54, 1.807) is 0 Å². The van der Waals surface area contributed by atoms with Gasteiger partial charge in [-0.3, -0.25) is 0 Å². The van der Waals surface area contributed by atoms with Gasteiger partial charge >= 0.3 is 0 Å². The number of thioether (sulfide) groups is 1. The van der Waals surface area contributed by atoms with Crippen molar-refractivity contribution in [3.63, 3.8) is 0 Å². The van der Waals surface area contributed by atoms with E-state index in [-0.39, 0.29) is 0 Å². The number of benzene rings is 1. The van der Waals surface area contributed by atoms with Gasteiger partial charge < -0.3 is 5.32 Å². The van der Waals surface area contributed by atoms with E-state index in [1.165, 1.54) is 24.2 Å². The third kappa shape index (κ3) is 5.24. The lowest BCUT2D eigenvalue weighted by atomic mass is 9.97. The number of rotatable bonds is 7. The fourth-order valence-corrected chi connectivity index (χ4v) is 2.37. The highest BCUT2D eigenvalue weighted by Gasteiger charge is 2.07. The Balaban J connectivity index is 2.43. The second-order valence-electron chi connectivity index (χ2n) is 3.89. The van der Waals surface area contributed by atoms with Crippen molar-refractivity contribution in [3.05, 3.63) is 35.9 Å². The molecule has 0 aliphatic carbocycles. The third-order valence-electron chi connectivity index (χ3n) is 2.59. The normalized spacial score (nSPS) is 12.7. The smallest absolute Gasteiger partial charge is 0.00200 e. The van der Waals surface area contributed by atoms with Crippen LogP contribution in [0.15, 0.2) is 30.3 Å². The maximum atomic E-state index is 3.29. The molecule has 0 saturated heterocycles. The molecule has 0 aromatic heterocycles. The van der Waals surface area contributed by atoms with Crippen LogP contribution in [0.2, 0.25) is 0 Å². The van der Waals surface area contributed by atoms with Gasteiger partial charge in [0.15, 0.2) is 0 Å². The van der Waals surface area contributed by atoms with E-state index >= 15 is 0 Å². The highest BCUT2D eigenvalue weighted by Crippen LogP contribution is 2.13. The molecule has 1 aromatic rings. The quantitative estimate of drug-likeness (QED) is 0.763. The molecule has 84 valence electrons. The standard InChI is InChI=1S/C13H21NS/c1-14-11-13(8-9-15-2)10-12-6-4-3-5-7-12/h3-7,13-14H,8-11H2,1-2H3.